The normalized spacial score (nSPS) is 10.8. The van der Waals surface area contributed by atoms with Crippen LogP contribution in [0.5, 0.6) is 11.5 Å². The highest BCUT2D eigenvalue weighted by molar-refractivity contribution is 9.10. The highest BCUT2D eigenvalue weighted by Gasteiger charge is 2.12. The van der Waals surface area contributed by atoms with Crippen LogP contribution in [-0.2, 0) is 13.6 Å². The second-order valence-electron chi connectivity index (χ2n) is 4.74. The first-order valence-electron chi connectivity index (χ1n) is 6.50. The van der Waals surface area contributed by atoms with E-state index in [9.17, 15) is 0 Å². The van der Waals surface area contributed by atoms with E-state index in [0.717, 1.165) is 10.0 Å². The summed E-state index contributed by atoms with van der Waals surface area (Å²) in [5, 5.41) is 14.4. The second kappa shape index (κ2) is 6.75. The Balaban J connectivity index is 2.18. The number of benzene rings is 1. The maximum Gasteiger partial charge on any atom is 0.242 e. The average Bonchev–Trinajstić information content (AvgIpc) is 2.83. The van der Waals surface area contributed by atoms with Crippen LogP contribution in [0, 0.1) is 0 Å². The molecule has 0 bridgehead atoms. The molecule has 0 radical (unpaired) electrons. The van der Waals surface area contributed by atoms with E-state index in [4.69, 9.17) is 9.47 Å². The predicted octanol–water partition coefficient (Wildman–Crippen LogP) is 2.38. The Morgan fingerprint density at radius 3 is 2.67 bits per heavy atom. The van der Waals surface area contributed by atoms with Crippen molar-refractivity contribution >= 4 is 21.9 Å². The lowest BCUT2D eigenvalue weighted by Crippen LogP contribution is -2.09. The fraction of sp³-hybridized carbons (Fsp3) is 0.462. The summed E-state index contributed by atoms with van der Waals surface area (Å²) in [6.45, 7) is 4.51. The van der Waals surface area contributed by atoms with Crippen molar-refractivity contribution in [3.8, 4) is 11.5 Å². The number of ether oxygens (including phenoxy) is 2. The van der Waals surface area contributed by atoms with Crippen LogP contribution < -0.4 is 14.8 Å². The Bertz CT molecular complexity index is 615. The number of anilines is 1. The summed E-state index contributed by atoms with van der Waals surface area (Å²) in [6, 6.07) is 3.84. The minimum absolute atomic E-state index is 0.0829. The van der Waals surface area contributed by atoms with Gasteiger partial charge in [-0.15, -0.1) is 0 Å². The molecule has 2 rings (SSSR count). The van der Waals surface area contributed by atoms with Gasteiger partial charge in [-0.2, -0.15) is 0 Å². The molecule has 0 spiro atoms. The number of rotatable bonds is 6. The van der Waals surface area contributed by atoms with Crippen LogP contribution >= 0.6 is 15.9 Å². The van der Waals surface area contributed by atoms with E-state index in [1.165, 1.54) is 0 Å². The van der Waals surface area contributed by atoms with Crippen LogP contribution in [0.25, 0.3) is 0 Å². The largest absolute Gasteiger partial charge is 0.493 e. The van der Waals surface area contributed by atoms with Crippen molar-refractivity contribution in [2.45, 2.75) is 26.5 Å². The number of aromatic nitrogens is 4. The summed E-state index contributed by atoms with van der Waals surface area (Å²) in [5.41, 5.74) is 1.02. The second-order valence-corrected chi connectivity index (χ2v) is 5.60. The van der Waals surface area contributed by atoms with E-state index in [1.807, 2.05) is 26.0 Å². The van der Waals surface area contributed by atoms with E-state index in [-0.39, 0.29) is 6.10 Å². The van der Waals surface area contributed by atoms with Crippen molar-refractivity contribution in [3.05, 3.63) is 22.2 Å². The van der Waals surface area contributed by atoms with Gasteiger partial charge >= 0.3 is 0 Å². The third kappa shape index (κ3) is 3.84. The molecule has 8 heteroatoms. The van der Waals surface area contributed by atoms with Crippen LogP contribution in [0.1, 0.15) is 19.4 Å². The van der Waals surface area contributed by atoms with Crippen LogP contribution in [0.3, 0.4) is 0 Å². The Hall–Kier alpha value is -1.83. The summed E-state index contributed by atoms with van der Waals surface area (Å²) in [5.74, 6) is 2.01. The zero-order chi connectivity index (χ0) is 15.4. The molecular formula is C13H18BrN5O2. The van der Waals surface area contributed by atoms with Crippen molar-refractivity contribution in [3.63, 3.8) is 0 Å². The van der Waals surface area contributed by atoms with Gasteiger partial charge in [0, 0.05) is 18.1 Å². The molecule has 0 saturated carbocycles. The molecule has 0 aliphatic heterocycles. The first-order valence-corrected chi connectivity index (χ1v) is 7.30. The van der Waals surface area contributed by atoms with Gasteiger partial charge in [-0.25, -0.2) is 4.68 Å². The predicted molar refractivity (Wildman–Crippen MR) is 82.6 cm³/mol. The summed E-state index contributed by atoms with van der Waals surface area (Å²) in [7, 11) is 3.40. The zero-order valence-electron chi connectivity index (χ0n) is 12.4. The van der Waals surface area contributed by atoms with Crippen LogP contribution in [0.2, 0.25) is 0 Å². The van der Waals surface area contributed by atoms with Crippen molar-refractivity contribution < 1.29 is 9.47 Å². The van der Waals surface area contributed by atoms with E-state index >= 15 is 0 Å². The fourth-order valence-electron chi connectivity index (χ4n) is 1.77. The lowest BCUT2D eigenvalue weighted by atomic mass is 10.2. The van der Waals surface area contributed by atoms with Crippen molar-refractivity contribution in [1.29, 1.82) is 0 Å². The standard InChI is InChI=1S/C13H18BrN5O2/c1-8(2)21-12-6-10(14)9(5-11(12)20-4)7-15-13-16-17-18-19(13)3/h5-6,8H,7H2,1-4H3,(H,15,16,18). The molecular weight excluding hydrogens is 338 g/mol. The quantitative estimate of drug-likeness (QED) is 0.857. The first kappa shape index (κ1) is 15.6. The molecule has 2 aromatic rings. The molecule has 0 atom stereocenters. The molecule has 0 unspecified atom stereocenters. The van der Waals surface area contributed by atoms with Gasteiger partial charge in [0.15, 0.2) is 11.5 Å². The molecule has 1 aromatic carbocycles. The summed E-state index contributed by atoms with van der Waals surface area (Å²) in [4.78, 5) is 0. The van der Waals surface area contributed by atoms with Crippen LogP contribution in [-0.4, -0.2) is 33.4 Å². The molecule has 0 saturated heterocycles. The Kier molecular flexibility index (Phi) is 5.00. The number of aryl methyl sites for hydroxylation is 1. The number of hydrogen-bond donors (Lipinski definition) is 1. The van der Waals surface area contributed by atoms with Crippen LogP contribution in [0.4, 0.5) is 5.95 Å². The molecule has 0 aliphatic rings. The molecule has 1 heterocycles. The van der Waals surface area contributed by atoms with Crippen molar-refractivity contribution in [1.82, 2.24) is 20.2 Å². The van der Waals surface area contributed by atoms with E-state index in [2.05, 4.69) is 36.8 Å². The van der Waals surface area contributed by atoms with Crippen molar-refractivity contribution in [2.75, 3.05) is 12.4 Å². The van der Waals surface area contributed by atoms with Gasteiger partial charge < -0.3 is 14.8 Å². The van der Waals surface area contributed by atoms with Crippen LogP contribution in [0.15, 0.2) is 16.6 Å². The van der Waals surface area contributed by atoms with Gasteiger partial charge in [0.05, 0.1) is 13.2 Å². The summed E-state index contributed by atoms with van der Waals surface area (Å²) < 4.78 is 13.6. The maximum atomic E-state index is 5.73. The van der Waals surface area contributed by atoms with Gasteiger partial charge in [-0.3, -0.25) is 0 Å². The molecule has 1 N–H and O–H groups in total. The average molecular weight is 356 g/mol. The zero-order valence-corrected chi connectivity index (χ0v) is 14.0. The molecule has 21 heavy (non-hydrogen) atoms. The van der Waals surface area contributed by atoms with Gasteiger partial charge in [-0.1, -0.05) is 21.0 Å². The molecule has 0 aliphatic carbocycles. The van der Waals surface area contributed by atoms with E-state index < -0.39 is 0 Å². The Morgan fingerprint density at radius 2 is 2.10 bits per heavy atom. The number of tetrazole rings is 1. The molecule has 1 aromatic heterocycles. The monoisotopic (exact) mass is 355 g/mol. The number of nitrogens with one attached hydrogen (secondary N) is 1. The minimum Gasteiger partial charge on any atom is -0.493 e. The number of methoxy groups -OCH3 is 1. The molecule has 7 nitrogen and oxygen atoms in total. The smallest absolute Gasteiger partial charge is 0.242 e. The highest BCUT2D eigenvalue weighted by atomic mass is 79.9. The van der Waals surface area contributed by atoms with E-state index in [0.29, 0.717) is 24.0 Å². The van der Waals surface area contributed by atoms with Gasteiger partial charge in [-0.05, 0) is 42.0 Å². The van der Waals surface area contributed by atoms with E-state index in [1.54, 1.807) is 18.8 Å². The molecule has 114 valence electrons. The maximum absolute atomic E-state index is 5.73. The number of nitrogens with zero attached hydrogens (tertiary/aromatic N) is 4. The lowest BCUT2D eigenvalue weighted by Gasteiger charge is -2.16. The van der Waals surface area contributed by atoms with Gasteiger partial charge in [0.25, 0.3) is 0 Å². The lowest BCUT2D eigenvalue weighted by molar-refractivity contribution is 0.230. The van der Waals surface area contributed by atoms with Gasteiger partial charge in [0.1, 0.15) is 0 Å². The molecule has 0 fully saturated rings. The number of hydrogen-bond acceptors (Lipinski definition) is 6. The molecule has 0 amide bonds. The van der Waals surface area contributed by atoms with Crippen molar-refractivity contribution in [2.24, 2.45) is 7.05 Å². The SMILES string of the molecule is COc1cc(CNc2nnnn2C)c(Br)cc1OC(C)C. The summed E-state index contributed by atoms with van der Waals surface area (Å²) in [6.07, 6.45) is 0.0829. The van der Waals surface area contributed by atoms with Gasteiger partial charge in [0.2, 0.25) is 5.95 Å². The number of halogens is 1. The Morgan fingerprint density at radius 1 is 1.33 bits per heavy atom. The fourth-order valence-corrected chi connectivity index (χ4v) is 2.23. The minimum atomic E-state index is 0.0829. The highest BCUT2D eigenvalue weighted by Crippen LogP contribution is 2.34. The third-order valence-electron chi connectivity index (χ3n) is 2.75. The topological polar surface area (TPSA) is 74.1 Å². The Labute approximate surface area is 131 Å². The summed E-state index contributed by atoms with van der Waals surface area (Å²) >= 11 is 3.55. The third-order valence-corrected chi connectivity index (χ3v) is 3.49. The first-order chi connectivity index (χ1) is 10.0.